The van der Waals surface area contributed by atoms with Crippen LogP contribution in [0.25, 0.3) is 5.69 Å². The monoisotopic (exact) mass is 352 g/mol. The van der Waals surface area contributed by atoms with E-state index in [4.69, 9.17) is 0 Å². The number of benzene rings is 1. The van der Waals surface area contributed by atoms with E-state index >= 15 is 0 Å². The zero-order valence-corrected chi connectivity index (χ0v) is 14.1. The molecule has 24 heavy (non-hydrogen) atoms. The fraction of sp³-hybridized carbons (Fsp3) is 0.333. The van der Waals surface area contributed by atoms with Crippen molar-refractivity contribution in [1.82, 2.24) is 14.3 Å². The van der Waals surface area contributed by atoms with E-state index in [1.54, 1.807) is 13.8 Å². The zero-order valence-electron chi connectivity index (χ0n) is 13.3. The number of hydrogen-bond donors (Lipinski definition) is 1. The summed E-state index contributed by atoms with van der Waals surface area (Å²) in [5.74, 6) is -0.286. The van der Waals surface area contributed by atoms with Gasteiger partial charge in [-0.25, -0.2) is 9.37 Å². The van der Waals surface area contributed by atoms with E-state index in [1.165, 1.54) is 22.8 Å². The van der Waals surface area contributed by atoms with E-state index in [-0.39, 0.29) is 17.8 Å². The van der Waals surface area contributed by atoms with Crippen LogP contribution in [0.4, 0.5) is 10.1 Å². The largest absolute Gasteiger partial charge is 0.301 e. The van der Waals surface area contributed by atoms with E-state index in [0.717, 1.165) is 10.4 Å². The quantitative estimate of drug-likeness (QED) is 0.875. The first-order valence-electron chi connectivity index (χ1n) is 7.44. The molecule has 1 aromatic heterocycles. The number of hydrogen-bond acceptors (Lipinski definition) is 4. The lowest BCUT2D eigenvalue weighted by Gasteiger charge is -2.29. The van der Waals surface area contributed by atoms with Crippen molar-refractivity contribution >= 4 is 15.9 Å². The standard InChI is InChI=1S/C15H17FN4O3S/c1-10-8-15(21)20(11(2)18-10)12-4-5-14(13(16)9-12)19-7-3-6-17-24(19,22)23/h4-5,8-9,17H,3,6-7H2,1-2H3. The van der Waals surface area contributed by atoms with Gasteiger partial charge in [0.15, 0.2) is 0 Å². The van der Waals surface area contributed by atoms with E-state index in [0.29, 0.717) is 30.2 Å². The number of aryl methyl sites for hydroxylation is 2. The molecule has 0 aliphatic carbocycles. The van der Waals surface area contributed by atoms with Gasteiger partial charge >= 0.3 is 10.2 Å². The molecule has 0 unspecified atom stereocenters. The molecule has 0 bridgehead atoms. The van der Waals surface area contributed by atoms with Crippen LogP contribution in [-0.2, 0) is 10.2 Å². The Labute approximate surface area is 138 Å². The van der Waals surface area contributed by atoms with Gasteiger partial charge in [0.2, 0.25) is 0 Å². The molecule has 1 fully saturated rings. The minimum Gasteiger partial charge on any atom is -0.269 e. The van der Waals surface area contributed by atoms with Crippen molar-refractivity contribution in [3.63, 3.8) is 0 Å². The second-order valence-corrected chi connectivity index (χ2v) is 7.26. The van der Waals surface area contributed by atoms with Crippen molar-refractivity contribution in [2.75, 3.05) is 17.4 Å². The van der Waals surface area contributed by atoms with Crippen molar-refractivity contribution in [3.05, 3.63) is 52.0 Å². The summed E-state index contributed by atoms with van der Waals surface area (Å²) in [6.45, 7) is 3.90. The first-order valence-corrected chi connectivity index (χ1v) is 8.88. The molecule has 0 spiro atoms. The number of aromatic nitrogens is 2. The summed E-state index contributed by atoms with van der Waals surface area (Å²) in [5, 5.41) is 0. The van der Waals surface area contributed by atoms with Crippen molar-refractivity contribution in [3.8, 4) is 5.69 Å². The Morgan fingerprint density at radius 2 is 2.00 bits per heavy atom. The molecule has 9 heteroatoms. The van der Waals surface area contributed by atoms with Crippen LogP contribution in [0.3, 0.4) is 0 Å². The maximum absolute atomic E-state index is 14.5. The third-order valence-corrected chi connectivity index (χ3v) is 5.31. The molecule has 0 atom stereocenters. The fourth-order valence-electron chi connectivity index (χ4n) is 2.76. The topological polar surface area (TPSA) is 84.3 Å². The maximum Gasteiger partial charge on any atom is 0.301 e. The molecule has 2 aromatic rings. The molecule has 1 N–H and O–H groups in total. The average molecular weight is 352 g/mol. The summed E-state index contributed by atoms with van der Waals surface area (Å²) < 4.78 is 43.2. The Balaban J connectivity index is 2.07. The lowest BCUT2D eigenvalue weighted by Crippen LogP contribution is -2.47. The Kier molecular flexibility index (Phi) is 4.14. The highest BCUT2D eigenvalue weighted by Gasteiger charge is 2.28. The van der Waals surface area contributed by atoms with Gasteiger partial charge in [-0.05, 0) is 32.4 Å². The molecule has 1 aromatic carbocycles. The number of anilines is 1. The lowest BCUT2D eigenvalue weighted by molar-refractivity contribution is 0.555. The Bertz CT molecular complexity index is 956. The van der Waals surface area contributed by atoms with Crippen LogP contribution in [0.1, 0.15) is 17.9 Å². The van der Waals surface area contributed by atoms with E-state index < -0.39 is 16.0 Å². The van der Waals surface area contributed by atoms with Crippen molar-refractivity contribution in [2.45, 2.75) is 20.3 Å². The summed E-state index contributed by atoms with van der Waals surface area (Å²) in [5.41, 5.74) is 0.515. The van der Waals surface area contributed by atoms with Crippen LogP contribution in [-0.4, -0.2) is 31.1 Å². The highest BCUT2D eigenvalue weighted by Crippen LogP contribution is 2.25. The summed E-state index contributed by atoms with van der Waals surface area (Å²) >= 11 is 0. The molecule has 0 saturated carbocycles. The first-order chi connectivity index (χ1) is 11.3. The van der Waals surface area contributed by atoms with Crippen molar-refractivity contribution in [2.24, 2.45) is 0 Å². The van der Waals surface area contributed by atoms with Gasteiger partial charge in [-0.1, -0.05) is 0 Å². The first kappa shape index (κ1) is 16.6. The van der Waals surface area contributed by atoms with Gasteiger partial charge in [-0.15, -0.1) is 0 Å². The van der Waals surface area contributed by atoms with Crippen LogP contribution in [0.5, 0.6) is 0 Å². The van der Waals surface area contributed by atoms with Gasteiger partial charge in [0.05, 0.1) is 11.4 Å². The van der Waals surface area contributed by atoms with Crippen LogP contribution in [0.15, 0.2) is 29.1 Å². The maximum atomic E-state index is 14.5. The van der Waals surface area contributed by atoms with Gasteiger partial charge in [0, 0.05) is 30.9 Å². The molecule has 0 amide bonds. The minimum absolute atomic E-state index is 0.0447. The summed E-state index contributed by atoms with van der Waals surface area (Å²) in [6, 6.07) is 5.37. The lowest BCUT2D eigenvalue weighted by atomic mass is 10.2. The predicted molar refractivity (Wildman–Crippen MR) is 88.2 cm³/mol. The molecule has 128 valence electrons. The molecular formula is C15H17FN4O3S. The highest BCUT2D eigenvalue weighted by atomic mass is 32.2. The Hall–Kier alpha value is -2.26. The van der Waals surface area contributed by atoms with Gasteiger partial charge in [0.1, 0.15) is 11.6 Å². The average Bonchev–Trinajstić information content (AvgIpc) is 2.47. The Morgan fingerprint density at radius 1 is 1.25 bits per heavy atom. The second kappa shape index (κ2) is 5.99. The second-order valence-electron chi connectivity index (χ2n) is 5.58. The zero-order chi connectivity index (χ0) is 17.5. The molecule has 3 rings (SSSR count). The molecular weight excluding hydrogens is 335 g/mol. The highest BCUT2D eigenvalue weighted by molar-refractivity contribution is 7.90. The molecule has 1 aliphatic rings. The summed E-state index contributed by atoms with van der Waals surface area (Å²) in [7, 11) is -3.74. The number of rotatable bonds is 2. The van der Waals surface area contributed by atoms with E-state index in [9.17, 15) is 17.6 Å². The molecule has 1 saturated heterocycles. The Morgan fingerprint density at radius 3 is 2.62 bits per heavy atom. The van der Waals surface area contributed by atoms with Crippen LogP contribution < -0.4 is 14.6 Å². The molecule has 1 aliphatic heterocycles. The van der Waals surface area contributed by atoms with Crippen molar-refractivity contribution in [1.29, 1.82) is 0 Å². The van der Waals surface area contributed by atoms with E-state index in [1.807, 2.05) is 0 Å². The normalized spacial score (nSPS) is 17.0. The van der Waals surface area contributed by atoms with Crippen LogP contribution in [0, 0.1) is 19.7 Å². The third-order valence-electron chi connectivity index (χ3n) is 3.79. The number of halogens is 1. The molecule has 2 heterocycles. The SMILES string of the molecule is Cc1cc(=O)n(-c2ccc(N3CCCNS3(=O)=O)c(F)c2)c(C)n1. The van der Waals surface area contributed by atoms with Gasteiger partial charge < -0.3 is 0 Å². The van der Waals surface area contributed by atoms with Crippen LogP contribution in [0.2, 0.25) is 0 Å². The summed E-state index contributed by atoms with van der Waals surface area (Å²) in [4.78, 5) is 16.3. The molecule has 0 radical (unpaired) electrons. The fourth-order valence-corrected chi connectivity index (χ4v) is 4.10. The van der Waals surface area contributed by atoms with E-state index in [2.05, 4.69) is 9.71 Å². The van der Waals surface area contributed by atoms with Crippen LogP contribution >= 0.6 is 0 Å². The van der Waals surface area contributed by atoms with Crippen molar-refractivity contribution < 1.29 is 12.8 Å². The van der Waals surface area contributed by atoms with Gasteiger partial charge in [-0.3, -0.25) is 13.7 Å². The smallest absolute Gasteiger partial charge is 0.269 e. The number of nitrogens with one attached hydrogen (secondary N) is 1. The number of nitrogens with zero attached hydrogens (tertiary/aromatic N) is 3. The predicted octanol–water partition coefficient (Wildman–Crippen LogP) is 1.03. The summed E-state index contributed by atoms with van der Waals surface area (Å²) in [6.07, 6.45) is 0.584. The van der Waals surface area contributed by atoms with Gasteiger partial charge in [0.25, 0.3) is 5.56 Å². The van der Waals surface area contributed by atoms with Gasteiger partial charge in [-0.2, -0.15) is 13.1 Å². The third kappa shape index (κ3) is 2.92. The molecule has 7 nitrogen and oxygen atoms in total. The minimum atomic E-state index is -3.74.